The van der Waals surface area contributed by atoms with Crippen molar-refractivity contribution >= 4 is 11.9 Å². The highest BCUT2D eigenvalue weighted by atomic mass is 16.4. The molecular weight excluding hydrogens is 256 g/mol. The van der Waals surface area contributed by atoms with E-state index >= 15 is 0 Å². The van der Waals surface area contributed by atoms with Gasteiger partial charge in [0.2, 0.25) is 0 Å². The Morgan fingerprint density at radius 1 is 1.35 bits per heavy atom. The zero-order valence-corrected chi connectivity index (χ0v) is 11.9. The maximum Gasteiger partial charge on any atom is 0.354 e. The minimum Gasteiger partial charge on any atom is -0.477 e. The summed E-state index contributed by atoms with van der Waals surface area (Å²) >= 11 is 0. The van der Waals surface area contributed by atoms with Crippen LogP contribution in [-0.4, -0.2) is 40.0 Å². The lowest BCUT2D eigenvalue weighted by molar-refractivity contribution is 0.0688. The first-order valence-electron chi connectivity index (χ1n) is 7.00. The quantitative estimate of drug-likeness (QED) is 0.917. The average molecular weight is 276 g/mol. The first-order chi connectivity index (χ1) is 9.51. The topological polar surface area (TPSA) is 70.5 Å². The van der Waals surface area contributed by atoms with E-state index in [-0.39, 0.29) is 17.0 Å². The van der Waals surface area contributed by atoms with Crippen molar-refractivity contribution in [1.82, 2.24) is 9.88 Å². The molecule has 1 aliphatic rings. The summed E-state index contributed by atoms with van der Waals surface area (Å²) in [7, 11) is 0. The van der Waals surface area contributed by atoms with E-state index < -0.39 is 5.97 Å². The molecule has 0 saturated carbocycles. The molecule has 20 heavy (non-hydrogen) atoms. The van der Waals surface area contributed by atoms with Gasteiger partial charge < -0.3 is 10.0 Å². The number of carbonyl (C=O) groups is 2. The van der Waals surface area contributed by atoms with Crippen LogP contribution in [0.3, 0.4) is 0 Å². The Kier molecular flexibility index (Phi) is 4.06. The van der Waals surface area contributed by atoms with E-state index in [9.17, 15) is 9.59 Å². The molecule has 2 heterocycles. The fourth-order valence-electron chi connectivity index (χ4n) is 2.77. The molecule has 1 aliphatic heterocycles. The minimum absolute atomic E-state index is 0.0422. The van der Waals surface area contributed by atoms with Gasteiger partial charge in [-0.2, -0.15) is 0 Å². The lowest BCUT2D eigenvalue weighted by Crippen LogP contribution is -2.31. The van der Waals surface area contributed by atoms with Gasteiger partial charge in [0.25, 0.3) is 5.91 Å². The van der Waals surface area contributed by atoms with E-state index in [1.807, 2.05) is 4.90 Å². The van der Waals surface area contributed by atoms with Crippen LogP contribution in [0.5, 0.6) is 0 Å². The summed E-state index contributed by atoms with van der Waals surface area (Å²) in [5.41, 5.74) is 0.654. The minimum atomic E-state index is -1.08. The Bertz CT molecular complexity index is 506. The van der Waals surface area contributed by atoms with Gasteiger partial charge in [0.05, 0.1) is 5.56 Å². The highest BCUT2D eigenvalue weighted by Gasteiger charge is 2.37. The third-order valence-electron chi connectivity index (χ3n) is 4.46. The molecule has 108 valence electrons. The van der Waals surface area contributed by atoms with Gasteiger partial charge in [-0.3, -0.25) is 4.79 Å². The van der Waals surface area contributed by atoms with Crippen molar-refractivity contribution in [3.8, 4) is 0 Å². The Balaban J connectivity index is 2.11. The molecule has 1 saturated heterocycles. The summed E-state index contributed by atoms with van der Waals surface area (Å²) in [5, 5.41) is 8.80. The molecular formula is C15H20N2O3. The van der Waals surface area contributed by atoms with Crippen LogP contribution >= 0.6 is 0 Å². The monoisotopic (exact) mass is 276 g/mol. The molecule has 1 amide bonds. The SMILES string of the molecule is CCC1(CC)CCN(C(=O)c2ccc(C(=O)O)nc2)C1. The normalized spacial score (nSPS) is 17.2. The zero-order chi connectivity index (χ0) is 14.8. The summed E-state index contributed by atoms with van der Waals surface area (Å²) in [4.78, 5) is 28.8. The van der Waals surface area contributed by atoms with E-state index in [2.05, 4.69) is 18.8 Å². The Hall–Kier alpha value is -1.91. The summed E-state index contributed by atoms with van der Waals surface area (Å²) in [6, 6.07) is 2.91. The number of carbonyl (C=O) groups excluding carboxylic acids is 1. The van der Waals surface area contributed by atoms with Gasteiger partial charge >= 0.3 is 5.97 Å². The van der Waals surface area contributed by atoms with Crippen molar-refractivity contribution in [3.63, 3.8) is 0 Å². The number of aromatic nitrogens is 1. The second-order valence-corrected chi connectivity index (χ2v) is 5.42. The first-order valence-corrected chi connectivity index (χ1v) is 7.00. The number of hydrogen-bond donors (Lipinski definition) is 1. The van der Waals surface area contributed by atoms with Gasteiger partial charge in [0.15, 0.2) is 0 Å². The molecule has 5 heteroatoms. The number of nitrogens with zero attached hydrogens (tertiary/aromatic N) is 2. The van der Waals surface area contributed by atoms with Crippen molar-refractivity contribution in [2.45, 2.75) is 33.1 Å². The molecule has 0 unspecified atom stereocenters. The van der Waals surface area contributed by atoms with Crippen molar-refractivity contribution < 1.29 is 14.7 Å². The largest absolute Gasteiger partial charge is 0.477 e. The van der Waals surface area contributed by atoms with Crippen LogP contribution in [0, 0.1) is 5.41 Å². The molecule has 1 fully saturated rings. The van der Waals surface area contributed by atoms with Crippen molar-refractivity contribution in [3.05, 3.63) is 29.6 Å². The number of likely N-dealkylation sites (tertiary alicyclic amines) is 1. The van der Waals surface area contributed by atoms with Gasteiger partial charge in [-0.25, -0.2) is 9.78 Å². The molecule has 0 radical (unpaired) electrons. The van der Waals surface area contributed by atoms with Crippen LogP contribution in [0.2, 0.25) is 0 Å². The molecule has 0 aliphatic carbocycles. The van der Waals surface area contributed by atoms with Crippen molar-refractivity contribution in [2.24, 2.45) is 5.41 Å². The number of amides is 1. The van der Waals surface area contributed by atoms with Crippen molar-refractivity contribution in [2.75, 3.05) is 13.1 Å². The summed E-state index contributed by atoms with van der Waals surface area (Å²) in [6.07, 6.45) is 4.53. The number of aromatic carboxylic acids is 1. The Morgan fingerprint density at radius 3 is 2.50 bits per heavy atom. The predicted molar refractivity (Wildman–Crippen MR) is 74.7 cm³/mol. The van der Waals surface area contributed by atoms with Crippen LogP contribution in [0.15, 0.2) is 18.3 Å². The van der Waals surface area contributed by atoms with Gasteiger partial charge in [0.1, 0.15) is 5.69 Å². The predicted octanol–water partition coefficient (Wildman–Crippen LogP) is 2.43. The van der Waals surface area contributed by atoms with E-state index in [4.69, 9.17) is 5.11 Å². The molecule has 1 aromatic rings. The molecule has 0 spiro atoms. The Morgan fingerprint density at radius 2 is 2.05 bits per heavy atom. The third-order valence-corrected chi connectivity index (χ3v) is 4.46. The number of rotatable bonds is 4. The molecule has 1 N–H and O–H groups in total. The van der Waals surface area contributed by atoms with Crippen LogP contribution < -0.4 is 0 Å². The fraction of sp³-hybridized carbons (Fsp3) is 0.533. The van der Waals surface area contributed by atoms with Crippen LogP contribution in [0.4, 0.5) is 0 Å². The standard InChI is InChI=1S/C15H20N2O3/c1-3-15(4-2)7-8-17(10-15)13(18)11-5-6-12(14(19)20)16-9-11/h5-6,9H,3-4,7-8,10H2,1-2H3,(H,19,20). The van der Waals surface area contributed by atoms with Gasteiger partial charge in [-0.05, 0) is 36.8 Å². The molecule has 1 aromatic heterocycles. The van der Waals surface area contributed by atoms with Gasteiger partial charge in [-0.15, -0.1) is 0 Å². The Labute approximate surface area is 118 Å². The maximum absolute atomic E-state index is 12.4. The summed E-state index contributed by atoms with van der Waals surface area (Å²) in [5.74, 6) is -1.14. The maximum atomic E-state index is 12.4. The van der Waals surface area contributed by atoms with E-state index in [1.54, 1.807) is 0 Å². The van der Waals surface area contributed by atoms with Crippen LogP contribution in [0.25, 0.3) is 0 Å². The highest BCUT2D eigenvalue weighted by molar-refractivity contribution is 5.95. The number of carboxylic acid groups (broad SMARTS) is 1. The average Bonchev–Trinajstić information content (AvgIpc) is 2.92. The zero-order valence-electron chi connectivity index (χ0n) is 11.9. The van der Waals surface area contributed by atoms with Gasteiger partial charge in [-0.1, -0.05) is 13.8 Å². The molecule has 0 atom stereocenters. The lowest BCUT2D eigenvalue weighted by Gasteiger charge is -2.26. The van der Waals surface area contributed by atoms with E-state index in [1.165, 1.54) is 18.3 Å². The van der Waals surface area contributed by atoms with E-state index in [0.717, 1.165) is 32.4 Å². The summed E-state index contributed by atoms with van der Waals surface area (Å²) in [6.45, 7) is 5.88. The first kappa shape index (κ1) is 14.5. The molecule has 0 bridgehead atoms. The fourth-order valence-corrected chi connectivity index (χ4v) is 2.77. The smallest absolute Gasteiger partial charge is 0.354 e. The molecule has 0 aromatic carbocycles. The number of hydrogen-bond acceptors (Lipinski definition) is 3. The van der Waals surface area contributed by atoms with Crippen molar-refractivity contribution in [1.29, 1.82) is 0 Å². The van der Waals surface area contributed by atoms with Gasteiger partial charge in [0, 0.05) is 19.3 Å². The summed E-state index contributed by atoms with van der Waals surface area (Å²) < 4.78 is 0. The lowest BCUT2D eigenvalue weighted by atomic mass is 9.82. The van der Waals surface area contributed by atoms with Crippen LogP contribution in [-0.2, 0) is 0 Å². The second kappa shape index (κ2) is 5.61. The molecule has 5 nitrogen and oxygen atoms in total. The second-order valence-electron chi connectivity index (χ2n) is 5.42. The number of pyridine rings is 1. The number of carboxylic acids is 1. The highest BCUT2D eigenvalue weighted by Crippen LogP contribution is 2.37. The van der Waals surface area contributed by atoms with E-state index in [0.29, 0.717) is 5.56 Å². The van der Waals surface area contributed by atoms with Crippen LogP contribution in [0.1, 0.15) is 54.0 Å². The molecule has 2 rings (SSSR count). The third kappa shape index (κ3) is 2.66.